The molecule has 8 heavy (non-hydrogen) atoms. The molecule has 0 atom stereocenters. The van der Waals surface area contributed by atoms with Crippen molar-refractivity contribution in [3.8, 4) is 0 Å². The number of hydrogen-bond acceptors (Lipinski definition) is 2. The van der Waals surface area contributed by atoms with Crippen LogP contribution in [0, 0.1) is 0 Å². The van der Waals surface area contributed by atoms with Gasteiger partial charge < -0.3 is 0 Å². The largest absolute Gasteiger partial charge is 0.281 e. The number of nitrogens with zero attached hydrogens (tertiary/aromatic N) is 1. The van der Waals surface area contributed by atoms with Crippen LogP contribution in [-0.4, -0.2) is 12.1 Å². The van der Waals surface area contributed by atoms with Gasteiger partial charge in [0.15, 0.2) is 0 Å². The van der Waals surface area contributed by atoms with Crippen LogP contribution in [0.15, 0.2) is 29.6 Å². The zero-order valence-corrected chi connectivity index (χ0v) is 5.74. The summed E-state index contributed by atoms with van der Waals surface area (Å²) in [6, 6.07) is 0. The Morgan fingerprint density at radius 3 is 2.38 bits per heavy atom. The minimum atomic E-state index is 0.903. The highest BCUT2D eigenvalue weighted by atomic mass is 32.2. The monoisotopic (exact) mass is 127 g/mol. The molecule has 0 aliphatic carbocycles. The summed E-state index contributed by atoms with van der Waals surface area (Å²) < 4.78 is 0. The van der Waals surface area contributed by atoms with E-state index in [9.17, 15) is 0 Å². The van der Waals surface area contributed by atoms with E-state index in [1.807, 2.05) is 0 Å². The average Bonchev–Trinajstić information content (AvgIpc) is 1.83. The molecular formula is C6H9NS. The van der Waals surface area contributed by atoms with E-state index in [0.29, 0.717) is 0 Å². The predicted molar refractivity (Wildman–Crippen MR) is 41.3 cm³/mol. The Morgan fingerprint density at radius 2 is 2.25 bits per heavy atom. The Balaban J connectivity index is 3.71. The van der Waals surface area contributed by atoms with Gasteiger partial charge in [0.05, 0.1) is 5.04 Å². The van der Waals surface area contributed by atoms with Crippen LogP contribution in [0.3, 0.4) is 0 Å². The molecule has 1 nitrogen and oxygen atoms in total. The van der Waals surface area contributed by atoms with Crippen molar-refractivity contribution in [1.29, 1.82) is 0 Å². The number of thioether (sulfide) groups is 1. The zero-order chi connectivity index (χ0) is 6.41. The third-order valence-corrected chi connectivity index (χ3v) is 1.36. The normalized spacial score (nSPS) is 10.9. The van der Waals surface area contributed by atoms with E-state index in [0.717, 1.165) is 5.04 Å². The van der Waals surface area contributed by atoms with Crippen molar-refractivity contribution < 1.29 is 0 Å². The molecule has 0 rings (SSSR count). The number of rotatable bonds is 2. The Morgan fingerprint density at radius 1 is 1.62 bits per heavy atom. The van der Waals surface area contributed by atoms with E-state index in [2.05, 4.69) is 18.2 Å². The van der Waals surface area contributed by atoms with E-state index in [1.165, 1.54) is 11.8 Å². The first-order valence-corrected chi connectivity index (χ1v) is 3.10. The Labute approximate surface area is 54.2 Å². The maximum Gasteiger partial charge on any atom is 0.0936 e. The van der Waals surface area contributed by atoms with Crippen LogP contribution in [0.5, 0.6) is 0 Å². The molecule has 0 saturated heterocycles. The quantitative estimate of drug-likeness (QED) is 0.408. The summed E-state index contributed by atoms with van der Waals surface area (Å²) >= 11 is 1.47. The van der Waals surface area contributed by atoms with Crippen molar-refractivity contribution >= 4 is 16.8 Å². The van der Waals surface area contributed by atoms with Crippen molar-refractivity contribution in [3.63, 3.8) is 0 Å². The van der Waals surface area contributed by atoms with E-state index < -0.39 is 0 Å². The SMILES string of the molecule is C=CSC(C=C)=NC. The molecule has 0 radical (unpaired) electrons. The fourth-order valence-electron chi connectivity index (χ4n) is 0.277. The highest BCUT2D eigenvalue weighted by molar-refractivity contribution is 8.16. The van der Waals surface area contributed by atoms with E-state index >= 15 is 0 Å². The fraction of sp³-hybridized carbons (Fsp3) is 0.167. The first-order valence-electron chi connectivity index (χ1n) is 2.22. The average molecular weight is 127 g/mol. The Hall–Kier alpha value is -0.500. The van der Waals surface area contributed by atoms with Gasteiger partial charge >= 0.3 is 0 Å². The van der Waals surface area contributed by atoms with Gasteiger partial charge in [-0.05, 0) is 11.5 Å². The molecule has 0 unspecified atom stereocenters. The Kier molecular flexibility index (Phi) is 4.36. The Bertz CT molecular complexity index is 116. The van der Waals surface area contributed by atoms with Gasteiger partial charge in [0.2, 0.25) is 0 Å². The molecule has 0 N–H and O–H groups in total. The first kappa shape index (κ1) is 7.50. The summed E-state index contributed by atoms with van der Waals surface area (Å²) in [6.45, 7) is 7.08. The summed E-state index contributed by atoms with van der Waals surface area (Å²) in [5, 5.41) is 2.63. The lowest BCUT2D eigenvalue weighted by molar-refractivity contribution is 1.47. The molecule has 0 aliphatic heterocycles. The van der Waals surface area contributed by atoms with E-state index in [-0.39, 0.29) is 0 Å². The molecule has 0 aromatic carbocycles. The van der Waals surface area contributed by atoms with Gasteiger partial charge in [-0.25, -0.2) is 0 Å². The summed E-state index contributed by atoms with van der Waals surface area (Å²) in [6.07, 6.45) is 1.70. The number of hydrogen-bond donors (Lipinski definition) is 0. The lowest BCUT2D eigenvalue weighted by Crippen LogP contribution is -1.79. The zero-order valence-electron chi connectivity index (χ0n) is 4.92. The van der Waals surface area contributed by atoms with Crippen LogP contribution in [-0.2, 0) is 0 Å². The van der Waals surface area contributed by atoms with Gasteiger partial charge in [-0.3, -0.25) is 4.99 Å². The highest BCUT2D eigenvalue weighted by Crippen LogP contribution is 2.03. The molecule has 0 aromatic heterocycles. The summed E-state index contributed by atoms with van der Waals surface area (Å²) in [5.41, 5.74) is 0. The van der Waals surface area contributed by atoms with Crippen LogP contribution >= 0.6 is 11.8 Å². The van der Waals surface area contributed by atoms with Gasteiger partial charge in [0, 0.05) is 7.05 Å². The summed E-state index contributed by atoms with van der Waals surface area (Å²) in [7, 11) is 1.73. The topological polar surface area (TPSA) is 12.4 Å². The molecule has 0 saturated carbocycles. The molecule has 0 bridgehead atoms. The van der Waals surface area contributed by atoms with Gasteiger partial charge in [-0.2, -0.15) is 0 Å². The molecule has 0 aliphatic rings. The highest BCUT2D eigenvalue weighted by Gasteiger charge is 1.83. The molecule has 44 valence electrons. The maximum atomic E-state index is 3.89. The minimum absolute atomic E-state index is 0.903. The molecule has 2 heteroatoms. The van der Waals surface area contributed by atoms with Crippen molar-refractivity contribution in [2.75, 3.05) is 7.05 Å². The van der Waals surface area contributed by atoms with Crippen molar-refractivity contribution in [2.45, 2.75) is 0 Å². The molecule has 0 amide bonds. The molecular weight excluding hydrogens is 118 g/mol. The van der Waals surface area contributed by atoms with Gasteiger partial charge in [0.1, 0.15) is 0 Å². The molecule has 0 fully saturated rings. The molecule has 0 heterocycles. The van der Waals surface area contributed by atoms with E-state index in [4.69, 9.17) is 0 Å². The second-order valence-corrected chi connectivity index (χ2v) is 2.04. The standard InChI is InChI=1S/C6H9NS/c1-4-6(7-3)8-5-2/h4-5H,1-2H2,3H3. The van der Waals surface area contributed by atoms with Crippen LogP contribution in [0.4, 0.5) is 0 Å². The second-order valence-electron chi connectivity index (χ2n) is 1.05. The minimum Gasteiger partial charge on any atom is -0.281 e. The molecule has 0 aromatic rings. The van der Waals surface area contributed by atoms with Gasteiger partial charge in [0.25, 0.3) is 0 Å². The maximum absolute atomic E-state index is 3.89. The molecule has 0 spiro atoms. The third-order valence-electron chi connectivity index (χ3n) is 0.599. The van der Waals surface area contributed by atoms with Crippen LogP contribution in [0.2, 0.25) is 0 Å². The van der Waals surface area contributed by atoms with Crippen LogP contribution in [0.1, 0.15) is 0 Å². The predicted octanol–water partition coefficient (Wildman–Crippen LogP) is 2.08. The fourth-order valence-corrected chi connectivity index (χ4v) is 0.650. The lowest BCUT2D eigenvalue weighted by Gasteiger charge is -1.88. The third kappa shape index (κ3) is 2.64. The second kappa shape index (κ2) is 4.65. The lowest BCUT2D eigenvalue weighted by atomic mass is 10.7. The van der Waals surface area contributed by atoms with Gasteiger partial charge in [-0.15, -0.1) is 0 Å². The number of aliphatic imine (C=N–C) groups is 1. The summed E-state index contributed by atoms with van der Waals surface area (Å²) in [5.74, 6) is 0. The summed E-state index contributed by atoms with van der Waals surface area (Å²) in [4.78, 5) is 3.89. The van der Waals surface area contributed by atoms with Crippen molar-refractivity contribution in [2.24, 2.45) is 4.99 Å². The van der Waals surface area contributed by atoms with Crippen molar-refractivity contribution in [3.05, 3.63) is 24.6 Å². The first-order chi connectivity index (χ1) is 3.85. The van der Waals surface area contributed by atoms with Crippen LogP contribution in [0.25, 0.3) is 0 Å². The smallest absolute Gasteiger partial charge is 0.0936 e. The van der Waals surface area contributed by atoms with Gasteiger partial charge in [-0.1, -0.05) is 24.9 Å². The van der Waals surface area contributed by atoms with Crippen molar-refractivity contribution in [1.82, 2.24) is 0 Å². The van der Waals surface area contributed by atoms with Crippen LogP contribution < -0.4 is 0 Å². The van der Waals surface area contributed by atoms with E-state index in [1.54, 1.807) is 18.5 Å².